The molecule has 1 aromatic carbocycles. The molecule has 1 saturated heterocycles. The zero-order valence-corrected chi connectivity index (χ0v) is 15.8. The van der Waals surface area contributed by atoms with Gasteiger partial charge in [-0.05, 0) is 43.6 Å². The topological polar surface area (TPSA) is 34.3 Å². The number of nitrogens with zero attached hydrogens (tertiary/aromatic N) is 2. The fourth-order valence-corrected chi connectivity index (χ4v) is 4.88. The van der Waals surface area contributed by atoms with E-state index in [2.05, 4.69) is 46.6 Å². The van der Waals surface area contributed by atoms with Crippen LogP contribution in [0.1, 0.15) is 30.4 Å². The maximum Gasteiger partial charge on any atom is 0.401 e. The van der Waals surface area contributed by atoms with Gasteiger partial charge in [0.2, 0.25) is 0 Å². The normalized spacial score (nSPS) is 25.9. The minimum Gasteiger partial charge on any atom is -0.361 e. The Bertz CT molecular complexity index is 800. The Morgan fingerprint density at radius 2 is 2.15 bits per heavy atom. The maximum atomic E-state index is 12.7. The van der Waals surface area contributed by atoms with Gasteiger partial charge in [0.25, 0.3) is 0 Å². The smallest absolute Gasteiger partial charge is 0.361 e. The number of likely N-dealkylation sites (N-methyl/N-ethyl adjacent to an activating group) is 1. The molecule has 148 valence electrons. The Labute approximate surface area is 157 Å². The Morgan fingerprint density at radius 1 is 1.33 bits per heavy atom. The van der Waals surface area contributed by atoms with E-state index in [0.29, 0.717) is 18.5 Å². The second-order valence-electron chi connectivity index (χ2n) is 7.96. The summed E-state index contributed by atoms with van der Waals surface area (Å²) >= 11 is 0. The highest BCUT2D eigenvalue weighted by Gasteiger charge is 2.39. The van der Waals surface area contributed by atoms with E-state index >= 15 is 0 Å². The van der Waals surface area contributed by atoms with Gasteiger partial charge in [-0.2, -0.15) is 13.2 Å². The predicted molar refractivity (Wildman–Crippen MR) is 101 cm³/mol. The lowest BCUT2D eigenvalue weighted by Gasteiger charge is -2.46. The minimum atomic E-state index is -4.16. The van der Waals surface area contributed by atoms with Crippen molar-refractivity contribution in [2.75, 3.05) is 33.4 Å². The van der Waals surface area contributed by atoms with Gasteiger partial charge in [0.05, 0.1) is 6.54 Å². The first-order valence-electron chi connectivity index (χ1n) is 9.67. The van der Waals surface area contributed by atoms with E-state index in [1.807, 2.05) is 0 Å². The van der Waals surface area contributed by atoms with Crippen LogP contribution < -0.4 is 5.32 Å². The van der Waals surface area contributed by atoms with Crippen molar-refractivity contribution in [2.24, 2.45) is 0 Å². The lowest BCUT2D eigenvalue weighted by molar-refractivity contribution is -0.146. The number of H-pyrrole nitrogens is 1. The van der Waals surface area contributed by atoms with Crippen LogP contribution in [0.4, 0.5) is 13.2 Å². The number of hydrogen-bond acceptors (Lipinski definition) is 3. The van der Waals surface area contributed by atoms with E-state index < -0.39 is 12.7 Å². The van der Waals surface area contributed by atoms with Gasteiger partial charge >= 0.3 is 6.18 Å². The zero-order valence-electron chi connectivity index (χ0n) is 15.8. The third kappa shape index (κ3) is 3.73. The van der Waals surface area contributed by atoms with Crippen LogP contribution in [0.5, 0.6) is 0 Å². The van der Waals surface area contributed by atoms with Gasteiger partial charge < -0.3 is 15.2 Å². The molecule has 1 aromatic heterocycles. The highest BCUT2D eigenvalue weighted by molar-refractivity contribution is 5.88. The van der Waals surface area contributed by atoms with E-state index in [4.69, 9.17) is 0 Å². The first-order valence-corrected chi connectivity index (χ1v) is 9.67. The average Bonchev–Trinajstić information content (AvgIpc) is 3.03. The van der Waals surface area contributed by atoms with Crippen molar-refractivity contribution in [1.82, 2.24) is 20.1 Å². The van der Waals surface area contributed by atoms with E-state index in [-0.39, 0.29) is 12.7 Å². The molecule has 2 heterocycles. The molecule has 0 bridgehead atoms. The number of nitrogens with one attached hydrogen (secondary N) is 2. The molecule has 3 unspecified atom stereocenters. The van der Waals surface area contributed by atoms with Gasteiger partial charge in [0.15, 0.2) is 0 Å². The largest absolute Gasteiger partial charge is 0.401 e. The molecule has 27 heavy (non-hydrogen) atoms. The molecule has 0 spiro atoms. The molecule has 2 N–H and O–H groups in total. The van der Waals surface area contributed by atoms with Gasteiger partial charge in [0.1, 0.15) is 0 Å². The van der Waals surface area contributed by atoms with Crippen LogP contribution >= 0.6 is 0 Å². The van der Waals surface area contributed by atoms with Crippen LogP contribution in [0.2, 0.25) is 0 Å². The van der Waals surface area contributed by atoms with Gasteiger partial charge in [-0.1, -0.05) is 19.1 Å². The quantitative estimate of drug-likeness (QED) is 0.781. The average molecular weight is 380 g/mol. The van der Waals surface area contributed by atoms with Crippen molar-refractivity contribution in [2.45, 2.75) is 43.9 Å². The first kappa shape index (κ1) is 18.8. The summed E-state index contributed by atoms with van der Waals surface area (Å²) < 4.78 is 38.1. The summed E-state index contributed by atoms with van der Waals surface area (Å²) in [7, 11) is 2.14. The highest BCUT2D eigenvalue weighted by Crippen LogP contribution is 2.42. The van der Waals surface area contributed by atoms with Gasteiger partial charge in [-0.3, -0.25) is 4.90 Å². The molecule has 0 saturated carbocycles. The van der Waals surface area contributed by atoms with Crippen LogP contribution in [-0.4, -0.2) is 66.4 Å². The monoisotopic (exact) mass is 380 g/mol. The number of likely N-dealkylation sites (tertiary alicyclic amines) is 1. The SMILES string of the molecule is CCN(CNC1CC2c3cccc4[nH]cc(c34)CC2N(C)C1)CC(F)(F)F. The van der Waals surface area contributed by atoms with Crippen LogP contribution in [0.3, 0.4) is 0 Å². The standard InChI is InChI=1S/C20H27F3N4/c1-3-27(11-20(21,22)23)12-25-14-8-16-15-5-4-6-17-19(15)13(9-24-17)7-18(16)26(2)10-14/h4-6,9,14,16,18,24-25H,3,7-8,10-12H2,1-2H3. The Hall–Kier alpha value is -1.57. The number of aromatic amines is 1. The third-order valence-electron chi connectivity index (χ3n) is 6.18. The Kier molecular flexibility index (Phi) is 4.94. The van der Waals surface area contributed by atoms with Crippen LogP contribution in [0, 0.1) is 0 Å². The molecule has 3 atom stereocenters. The van der Waals surface area contributed by atoms with Gasteiger partial charge in [-0.25, -0.2) is 0 Å². The third-order valence-corrected chi connectivity index (χ3v) is 6.18. The molecule has 7 heteroatoms. The summed E-state index contributed by atoms with van der Waals surface area (Å²) in [5.41, 5.74) is 3.93. The fraction of sp³-hybridized carbons (Fsp3) is 0.600. The molecule has 4 nitrogen and oxygen atoms in total. The molecular weight excluding hydrogens is 353 g/mol. The van der Waals surface area contributed by atoms with Crippen molar-refractivity contribution in [3.05, 3.63) is 35.5 Å². The number of benzene rings is 1. The Balaban J connectivity index is 1.49. The van der Waals surface area contributed by atoms with Gasteiger partial charge in [0, 0.05) is 48.3 Å². The van der Waals surface area contributed by atoms with Crippen molar-refractivity contribution < 1.29 is 13.2 Å². The first-order chi connectivity index (χ1) is 12.9. The van der Waals surface area contributed by atoms with Crippen LogP contribution in [0.25, 0.3) is 10.9 Å². The van der Waals surface area contributed by atoms with Crippen LogP contribution in [-0.2, 0) is 6.42 Å². The molecule has 1 aliphatic heterocycles. The second-order valence-corrected chi connectivity index (χ2v) is 7.96. The number of alkyl halides is 3. The second kappa shape index (κ2) is 7.11. The number of hydrogen-bond donors (Lipinski definition) is 2. The lowest BCUT2D eigenvalue weighted by Crippen LogP contribution is -2.55. The molecule has 4 rings (SSSR count). The fourth-order valence-electron chi connectivity index (χ4n) is 4.88. The van der Waals surface area contributed by atoms with Crippen molar-refractivity contribution >= 4 is 10.9 Å². The molecule has 0 amide bonds. The van der Waals surface area contributed by atoms with Crippen molar-refractivity contribution in [3.63, 3.8) is 0 Å². The summed E-state index contributed by atoms with van der Waals surface area (Å²) in [6.07, 6.45) is -0.0446. The maximum absolute atomic E-state index is 12.7. The summed E-state index contributed by atoms with van der Waals surface area (Å²) in [5.74, 6) is 0.408. The van der Waals surface area contributed by atoms with Crippen LogP contribution in [0.15, 0.2) is 24.4 Å². The molecular formula is C20H27F3N4. The van der Waals surface area contributed by atoms with E-state index in [1.165, 1.54) is 26.9 Å². The summed E-state index contributed by atoms with van der Waals surface area (Å²) in [6, 6.07) is 7.07. The molecule has 1 fully saturated rings. The Morgan fingerprint density at radius 3 is 2.89 bits per heavy atom. The van der Waals surface area contributed by atoms with Crippen molar-refractivity contribution in [3.8, 4) is 0 Å². The van der Waals surface area contributed by atoms with E-state index in [0.717, 1.165) is 19.4 Å². The predicted octanol–water partition coefficient (Wildman–Crippen LogP) is 3.31. The summed E-state index contributed by atoms with van der Waals surface area (Å²) in [6.45, 7) is 2.42. The van der Waals surface area contributed by atoms with Crippen molar-refractivity contribution in [1.29, 1.82) is 0 Å². The van der Waals surface area contributed by atoms with E-state index in [1.54, 1.807) is 6.92 Å². The molecule has 2 aromatic rings. The van der Waals surface area contributed by atoms with Gasteiger partial charge in [-0.15, -0.1) is 0 Å². The molecule has 1 aliphatic carbocycles. The minimum absolute atomic E-state index is 0.189. The number of rotatable bonds is 5. The zero-order chi connectivity index (χ0) is 19.2. The number of aromatic nitrogens is 1. The van der Waals surface area contributed by atoms with E-state index in [9.17, 15) is 13.2 Å². The molecule has 0 radical (unpaired) electrons. The summed E-state index contributed by atoms with van der Waals surface area (Å²) in [5, 5.41) is 4.73. The highest BCUT2D eigenvalue weighted by atomic mass is 19.4. The number of fused-ring (bicyclic) bond motifs is 2. The number of halogens is 3. The lowest BCUT2D eigenvalue weighted by atomic mass is 9.74. The number of piperidine rings is 1. The summed E-state index contributed by atoms with van der Waals surface area (Å²) in [4.78, 5) is 7.17. The molecule has 2 aliphatic rings.